The number of hydrogen-bond donors (Lipinski definition) is 2. The van der Waals surface area contributed by atoms with Crippen molar-refractivity contribution in [3.8, 4) is 0 Å². The monoisotopic (exact) mass is 190 g/mol. The van der Waals surface area contributed by atoms with Crippen molar-refractivity contribution in [2.45, 2.75) is 44.3 Å². The van der Waals surface area contributed by atoms with E-state index < -0.39 is 13.8 Å². The van der Waals surface area contributed by atoms with Crippen LogP contribution in [0.5, 0.6) is 0 Å². The van der Waals surface area contributed by atoms with Gasteiger partial charge >= 0.3 is 8.03 Å². The third-order valence-electron chi connectivity index (χ3n) is 2.58. The molecule has 0 aromatic heterocycles. The Hall–Kier alpha value is 0.0200. The van der Waals surface area contributed by atoms with Gasteiger partial charge in [-0.3, -0.25) is 5.73 Å². The van der Waals surface area contributed by atoms with Crippen LogP contribution in [0.3, 0.4) is 0 Å². The summed E-state index contributed by atoms with van der Waals surface area (Å²) in [5.41, 5.74) is 5.51. The fraction of sp³-hybridized carbons (Fsp3) is 1.00. The summed E-state index contributed by atoms with van der Waals surface area (Å²) in [5.74, 6) is 0.1000. The Balaban J connectivity index is 2.24. The van der Waals surface area contributed by atoms with Crippen molar-refractivity contribution in [2.24, 2.45) is 11.7 Å². The summed E-state index contributed by atoms with van der Waals surface area (Å²) < 4.78 is 10.6. The zero-order valence-electron chi connectivity index (χ0n) is 7.28. The summed E-state index contributed by atoms with van der Waals surface area (Å²) in [6.07, 6.45) is 6.95. The van der Waals surface area contributed by atoms with Crippen LogP contribution in [0.4, 0.5) is 0 Å². The van der Waals surface area contributed by atoms with E-state index in [0.717, 1.165) is 6.42 Å². The Morgan fingerprint density at radius 3 is 2.50 bits per heavy atom. The average molecular weight is 190 g/mol. The molecule has 0 aromatic rings. The van der Waals surface area contributed by atoms with Gasteiger partial charge in [0.05, 0.1) is 0 Å². The molecule has 1 aliphatic rings. The SMILES string of the molecule is NC(CC1CCCCC1)[P+](=O)O. The van der Waals surface area contributed by atoms with E-state index >= 15 is 0 Å². The quantitative estimate of drug-likeness (QED) is 0.669. The zero-order chi connectivity index (χ0) is 8.97. The maximum atomic E-state index is 10.6. The number of rotatable bonds is 3. The van der Waals surface area contributed by atoms with Crippen LogP contribution < -0.4 is 5.73 Å². The van der Waals surface area contributed by atoms with Gasteiger partial charge in [0.2, 0.25) is 5.78 Å². The van der Waals surface area contributed by atoms with Gasteiger partial charge in [-0.15, -0.1) is 0 Å². The summed E-state index contributed by atoms with van der Waals surface area (Å²) >= 11 is 0. The third kappa shape index (κ3) is 3.18. The molecular weight excluding hydrogens is 173 g/mol. The van der Waals surface area contributed by atoms with Crippen LogP contribution in [0, 0.1) is 5.92 Å². The van der Waals surface area contributed by atoms with E-state index in [2.05, 4.69) is 0 Å². The van der Waals surface area contributed by atoms with E-state index in [1.54, 1.807) is 0 Å². The van der Waals surface area contributed by atoms with Crippen molar-refractivity contribution in [2.75, 3.05) is 0 Å². The molecule has 0 radical (unpaired) electrons. The van der Waals surface area contributed by atoms with Crippen LogP contribution in [0.2, 0.25) is 0 Å². The van der Waals surface area contributed by atoms with Crippen LogP contribution in [0.1, 0.15) is 38.5 Å². The largest absolute Gasteiger partial charge is 0.524 e. The molecule has 1 fully saturated rings. The highest BCUT2D eigenvalue weighted by Crippen LogP contribution is 2.31. The van der Waals surface area contributed by atoms with Crippen molar-refractivity contribution in [1.29, 1.82) is 0 Å². The molecule has 0 bridgehead atoms. The van der Waals surface area contributed by atoms with Gasteiger partial charge in [-0.05, 0) is 10.5 Å². The maximum Gasteiger partial charge on any atom is 0.524 e. The van der Waals surface area contributed by atoms with E-state index in [9.17, 15) is 4.57 Å². The van der Waals surface area contributed by atoms with Gasteiger partial charge in [0.15, 0.2) is 0 Å². The fourth-order valence-electron chi connectivity index (χ4n) is 1.85. The smallest absolute Gasteiger partial charge is 0.285 e. The van der Waals surface area contributed by atoms with E-state index in [-0.39, 0.29) is 0 Å². The zero-order valence-corrected chi connectivity index (χ0v) is 8.17. The molecule has 2 unspecified atom stereocenters. The predicted octanol–water partition coefficient (Wildman–Crippen LogP) is 1.98. The Labute approximate surface area is 74.2 Å². The molecule has 0 spiro atoms. The van der Waals surface area contributed by atoms with E-state index in [4.69, 9.17) is 10.6 Å². The first-order chi connectivity index (χ1) is 5.70. The first-order valence-corrected chi connectivity index (χ1v) is 5.89. The summed E-state index contributed by atoms with van der Waals surface area (Å²) in [6, 6.07) is 0. The Kier molecular flexibility index (Phi) is 4.13. The second-order valence-corrected chi connectivity index (χ2v) is 4.88. The molecule has 0 heterocycles. The van der Waals surface area contributed by atoms with Crippen LogP contribution in [-0.2, 0) is 4.57 Å². The van der Waals surface area contributed by atoms with Crippen molar-refractivity contribution < 1.29 is 9.46 Å². The molecule has 70 valence electrons. The predicted molar refractivity (Wildman–Crippen MR) is 49.0 cm³/mol. The van der Waals surface area contributed by atoms with Gasteiger partial charge in [-0.25, -0.2) is 0 Å². The van der Waals surface area contributed by atoms with Crippen molar-refractivity contribution >= 4 is 8.03 Å². The van der Waals surface area contributed by atoms with E-state index in [1.807, 2.05) is 0 Å². The summed E-state index contributed by atoms with van der Waals surface area (Å²) in [7, 11) is -2.16. The molecule has 2 atom stereocenters. The van der Waals surface area contributed by atoms with Gasteiger partial charge in [0.1, 0.15) is 0 Å². The van der Waals surface area contributed by atoms with Crippen LogP contribution in [-0.4, -0.2) is 10.7 Å². The van der Waals surface area contributed by atoms with Crippen molar-refractivity contribution in [1.82, 2.24) is 0 Å². The lowest BCUT2D eigenvalue weighted by Gasteiger charge is -2.20. The molecular formula is C8H17NO2P+. The van der Waals surface area contributed by atoms with Gasteiger partial charge in [0.25, 0.3) is 0 Å². The van der Waals surface area contributed by atoms with Crippen LogP contribution in [0.25, 0.3) is 0 Å². The minimum Gasteiger partial charge on any atom is -0.285 e. The van der Waals surface area contributed by atoms with Gasteiger partial charge < -0.3 is 0 Å². The highest BCUT2D eigenvalue weighted by molar-refractivity contribution is 7.38. The lowest BCUT2D eigenvalue weighted by molar-refractivity contribution is 0.330. The Morgan fingerprint density at radius 2 is 2.00 bits per heavy atom. The molecule has 0 saturated heterocycles. The molecule has 1 saturated carbocycles. The molecule has 0 aliphatic heterocycles. The minimum atomic E-state index is -2.16. The maximum absolute atomic E-state index is 10.6. The normalized spacial score (nSPS) is 23.7. The highest BCUT2D eigenvalue weighted by Gasteiger charge is 2.28. The minimum absolute atomic E-state index is 0.497. The average Bonchev–Trinajstić information content (AvgIpc) is 2.06. The lowest BCUT2D eigenvalue weighted by Crippen LogP contribution is -2.21. The van der Waals surface area contributed by atoms with Crippen molar-refractivity contribution in [3.05, 3.63) is 0 Å². The molecule has 1 rings (SSSR count). The third-order valence-corrected chi connectivity index (χ3v) is 3.36. The second-order valence-electron chi connectivity index (χ2n) is 3.61. The molecule has 4 heteroatoms. The Bertz CT molecular complexity index is 157. The van der Waals surface area contributed by atoms with E-state index in [1.165, 1.54) is 32.1 Å². The molecule has 12 heavy (non-hydrogen) atoms. The number of hydrogen-bond acceptors (Lipinski definition) is 2. The topological polar surface area (TPSA) is 63.3 Å². The van der Waals surface area contributed by atoms with Gasteiger partial charge in [0, 0.05) is 6.42 Å². The highest BCUT2D eigenvalue weighted by atomic mass is 31.1. The van der Waals surface area contributed by atoms with Crippen LogP contribution >= 0.6 is 8.03 Å². The lowest BCUT2D eigenvalue weighted by atomic mass is 9.87. The molecule has 1 aliphatic carbocycles. The van der Waals surface area contributed by atoms with E-state index in [0.29, 0.717) is 5.92 Å². The Morgan fingerprint density at radius 1 is 1.42 bits per heavy atom. The first kappa shape index (κ1) is 10.1. The second kappa shape index (κ2) is 4.90. The number of nitrogens with two attached hydrogens (primary N) is 1. The summed E-state index contributed by atoms with van der Waals surface area (Å²) in [6.45, 7) is 0. The van der Waals surface area contributed by atoms with Crippen molar-refractivity contribution in [3.63, 3.8) is 0 Å². The van der Waals surface area contributed by atoms with Gasteiger partial charge in [-0.2, -0.15) is 4.89 Å². The van der Waals surface area contributed by atoms with Crippen LogP contribution in [0.15, 0.2) is 0 Å². The fourth-order valence-corrected chi connectivity index (χ4v) is 2.33. The molecule has 0 aromatic carbocycles. The molecule has 0 amide bonds. The molecule has 3 N–H and O–H groups in total. The standard InChI is InChI=1S/C8H16NO2P/c9-8(12(10)11)6-7-4-2-1-3-5-7/h7-8H,1-6,9H2/p+1. The summed E-state index contributed by atoms with van der Waals surface area (Å²) in [4.78, 5) is 8.74. The summed E-state index contributed by atoms with van der Waals surface area (Å²) in [5, 5.41) is 0. The van der Waals surface area contributed by atoms with Gasteiger partial charge in [-0.1, -0.05) is 32.1 Å². The molecule has 3 nitrogen and oxygen atoms in total. The first-order valence-electron chi connectivity index (χ1n) is 4.61.